The third-order valence-electron chi connectivity index (χ3n) is 2.84. The summed E-state index contributed by atoms with van der Waals surface area (Å²) in [6.07, 6.45) is 1.27. The van der Waals surface area contributed by atoms with Crippen LogP contribution in [0.15, 0.2) is 5.38 Å². The van der Waals surface area contributed by atoms with Crippen molar-refractivity contribution in [1.82, 2.24) is 9.88 Å². The number of aromatic nitrogens is 1. The molecule has 0 saturated carbocycles. The molecule has 90 valence electrons. The van der Waals surface area contributed by atoms with Gasteiger partial charge in [0, 0.05) is 42.6 Å². The van der Waals surface area contributed by atoms with Crippen LogP contribution in [0.3, 0.4) is 0 Å². The van der Waals surface area contributed by atoms with Crippen molar-refractivity contribution < 1.29 is 0 Å². The first-order valence-corrected chi connectivity index (χ1v) is 7.72. The van der Waals surface area contributed by atoms with Crippen molar-refractivity contribution in [3.8, 4) is 0 Å². The maximum Gasteiger partial charge on any atom is 0.106 e. The van der Waals surface area contributed by atoms with E-state index in [0.717, 1.165) is 16.8 Å². The van der Waals surface area contributed by atoms with E-state index in [0.29, 0.717) is 6.54 Å². The zero-order valence-electron chi connectivity index (χ0n) is 9.69. The summed E-state index contributed by atoms with van der Waals surface area (Å²) < 4.78 is 0. The molecule has 0 aromatic carbocycles. The SMILES string of the molecule is CCC1CN(Cc2csc(CN)n2)CCS1. The molecule has 1 aliphatic heterocycles. The normalized spacial score (nSPS) is 22.5. The summed E-state index contributed by atoms with van der Waals surface area (Å²) in [5.74, 6) is 1.26. The molecule has 16 heavy (non-hydrogen) atoms. The molecule has 5 heteroatoms. The van der Waals surface area contributed by atoms with Crippen molar-refractivity contribution in [1.29, 1.82) is 0 Å². The molecule has 2 N–H and O–H groups in total. The summed E-state index contributed by atoms with van der Waals surface area (Å²) in [6.45, 7) is 6.23. The third-order valence-corrected chi connectivity index (χ3v) is 5.13. The lowest BCUT2D eigenvalue weighted by molar-refractivity contribution is 0.270. The van der Waals surface area contributed by atoms with Crippen LogP contribution in [-0.4, -0.2) is 34.0 Å². The lowest BCUT2D eigenvalue weighted by Gasteiger charge is -2.31. The summed E-state index contributed by atoms with van der Waals surface area (Å²) in [6, 6.07) is 0. The summed E-state index contributed by atoms with van der Waals surface area (Å²) in [5.41, 5.74) is 6.76. The number of nitrogens with zero attached hydrogens (tertiary/aromatic N) is 2. The molecule has 3 nitrogen and oxygen atoms in total. The molecular formula is C11H19N3S2. The van der Waals surface area contributed by atoms with E-state index >= 15 is 0 Å². The monoisotopic (exact) mass is 257 g/mol. The van der Waals surface area contributed by atoms with Gasteiger partial charge in [0.25, 0.3) is 0 Å². The van der Waals surface area contributed by atoms with Gasteiger partial charge in [0.15, 0.2) is 0 Å². The average Bonchev–Trinajstić information content (AvgIpc) is 2.77. The highest BCUT2D eigenvalue weighted by molar-refractivity contribution is 8.00. The van der Waals surface area contributed by atoms with Crippen LogP contribution in [0.2, 0.25) is 0 Å². The Morgan fingerprint density at radius 2 is 2.50 bits per heavy atom. The van der Waals surface area contributed by atoms with Crippen LogP contribution in [0.25, 0.3) is 0 Å². The molecule has 2 rings (SSSR count). The fraction of sp³-hybridized carbons (Fsp3) is 0.727. The topological polar surface area (TPSA) is 42.1 Å². The molecule has 1 aromatic heterocycles. The van der Waals surface area contributed by atoms with Crippen molar-refractivity contribution in [2.45, 2.75) is 31.7 Å². The number of rotatable bonds is 4. The van der Waals surface area contributed by atoms with Gasteiger partial charge in [0.05, 0.1) is 5.69 Å². The van der Waals surface area contributed by atoms with Crippen LogP contribution >= 0.6 is 23.1 Å². The molecule has 0 bridgehead atoms. The van der Waals surface area contributed by atoms with E-state index in [1.54, 1.807) is 11.3 Å². The van der Waals surface area contributed by atoms with E-state index in [-0.39, 0.29) is 0 Å². The summed E-state index contributed by atoms with van der Waals surface area (Å²) >= 11 is 3.78. The molecule has 1 atom stereocenters. The second-order valence-corrected chi connectivity index (χ2v) is 6.42. The van der Waals surface area contributed by atoms with Gasteiger partial charge in [-0.05, 0) is 6.42 Å². The first-order chi connectivity index (χ1) is 7.81. The maximum absolute atomic E-state index is 5.57. The second kappa shape index (κ2) is 6.00. The number of nitrogens with two attached hydrogens (primary N) is 1. The molecule has 1 saturated heterocycles. The zero-order chi connectivity index (χ0) is 11.4. The van der Waals surface area contributed by atoms with Gasteiger partial charge in [-0.3, -0.25) is 4.90 Å². The smallest absolute Gasteiger partial charge is 0.106 e. The van der Waals surface area contributed by atoms with Crippen LogP contribution < -0.4 is 5.73 Å². The Kier molecular flexibility index (Phi) is 4.64. The Bertz CT molecular complexity index is 327. The van der Waals surface area contributed by atoms with Crippen molar-refractivity contribution in [2.75, 3.05) is 18.8 Å². The highest BCUT2D eigenvalue weighted by Crippen LogP contribution is 2.22. The molecular weight excluding hydrogens is 238 g/mol. The molecule has 1 fully saturated rings. The quantitative estimate of drug-likeness (QED) is 0.895. The highest BCUT2D eigenvalue weighted by Gasteiger charge is 2.19. The Morgan fingerprint density at radius 1 is 1.62 bits per heavy atom. The van der Waals surface area contributed by atoms with Gasteiger partial charge < -0.3 is 5.73 Å². The van der Waals surface area contributed by atoms with Gasteiger partial charge >= 0.3 is 0 Å². The van der Waals surface area contributed by atoms with E-state index < -0.39 is 0 Å². The first-order valence-electron chi connectivity index (χ1n) is 5.79. The first kappa shape index (κ1) is 12.4. The van der Waals surface area contributed by atoms with Crippen molar-refractivity contribution in [3.63, 3.8) is 0 Å². The Balaban J connectivity index is 1.88. The van der Waals surface area contributed by atoms with Gasteiger partial charge in [0.2, 0.25) is 0 Å². The predicted molar refractivity (Wildman–Crippen MR) is 71.8 cm³/mol. The molecule has 0 amide bonds. The second-order valence-electron chi connectivity index (χ2n) is 4.07. The van der Waals surface area contributed by atoms with Gasteiger partial charge in [0.1, 0.15) is 5.01 Å². The average molecular weight is 257 g/mol. The van der Waals surface area contributed by atoms with Crippen LogP contribution in [0.1, 0.15) is 24.0 Å². The fourth-order valence-corrected chi connectivity index (χ4v) is 3.83. The minimum Gasteiger partial charge on any atom is -0.325 e. The van der Waals surface area contributed by atoms with E-state index in [4.69, 9.17) is 5.73 Å². The van der Waals surface area contributed by atoms with Crippen molar-refractivity contribution in [2.24, 2.45) is 5.73 Å². The third kappa shape index (κ3) is 3.20. The lowest BCUT2D eigenvalue weighted by atomic mass is 10.3. The number of thiazole rings is 1. The zero-order valence-corrected chi connectivity index (χ0v) is 11.3. The predicted octanol–water partition coefficient (Wildman–Crippen LogP) is 1.93. The van der Waals surface area contributed by atoms with Gasteiger partial charge in [-0.2, -0.15) is 11.8 Å². The molecule has 0 spiro atoms. The summed E-state index contributed by atoms with van der Waals surface area (Å²) in [5, 5.41) is 4.00. The molecule has 1 unspecified atom stereocenters. The van der Waals surface area contributed by atoms with E-state index in [1.165, 1.54) is 31.0 Å². The standard InChI is InChI=1S/C11H19N3S2/c1-2-10-7-14(3-4-15-10)6-9-8-16-11(5-12)13-9/h8,10H,2-7,12H2,1H3. The minimum absolute atomic E-state index is 0.568. The Hall–Kier alpha value is -0.100. The highest BCUT2D eigenvalue weighted by atomic mass is 32.2. The molecule has 0 radical (unpaired) electrons. The number of hydrogen-bond donors (Lipinski definition) is 1. The van der Waals surface area contributed by atoms with Gasteiger partial charge in [-0.15, -0.1) is 11.3 Å². The Labute approximate surface area is 105 Å². The van der Waals surface area contributed by atoms with Crippen LogP contribution in [0.4, 0.5) is 0 Å². The Morgan fingerprint density at radius 3 is 3.19 bits per heavy atom. The number of hydrogen-bond acceptors (Lipinski definition) is 5. The van der Waals surface area contributed by atoms with Crippen molar-refractivity contribution in [3.05, 3.63) is 16.1 Å². The van der Waals surface area contributed by atoms with Crippen LogP contribution in [-0.2, 0) is 13.1 Å². The van der Waals surface area contributed by atoms with E-state index in [2.05, 4.69) is 33.9 Å². The molecule has 2 heterocycles. The molecule has 0 aliphatic carbocycles. The minimum atomic E-state index is 0.568. The summed E-state index contributed by atoms with van der Waals surface area (Å²) in [7, 11) is 0. The number of thioether (sulfide) groups is 1. The maximum atomic E-state index is 5.57. The lowest BCUT2D eigenvalue weighted by Crippen LogP contribution is -2.37. The molecule has 1 aromatic rings. The van der Waals surface area contributed by atoms with Gasteiger partial charge in [-0.25, -0.2) is 4.98 Å². The van der Waals surface area contributed by atoms with Crippen LogP contribution in [0.5, 0.6) is 0 Å². The summed E-state index contributed by atoms with van der Waals surface area (Å²) in [4.78, 5) is 7.03. The van der Waals surface area contributed by atoms with E-state index in [1.807, 2.05) is 0 Å². The van der Waals surface area contributed by atoms with Crippen molar-refractivity contribution >= 4 is 23.1 Å². The molecule has 1 aliphatic rings. The largest absolute Gasteiger partial charge is 0.325 e. The van der Waals surface area contributed by atoms with Crippen LogP contribution in [0, 0.1) is 0 Å². The van der Waals surface area contributed by atoms with E-state index in [9.17, 15) is 0 Å². The van der Waals surface area contributed by atoms with Gasteiger partial charge in [-0.1, -0.05) is 6.92 Å². The fourth-order valence-electron chi connectivity index (χ4n) is 1.92.